The molecule has 1 aliphatic heterocycles. The molecule has 1 saturated heterocycles. The topological polar surface area (TPSA) is 77.2 Å². The van der Waals surface area contributed by atoms with Gasteiger partial charge >= 0.3 is 6.01 Å². The van der Waals surface area contributed by atoms with Gasteiger partial charge in [0, 0.05) is 23.6 Å². The van der Waals surface area contributed by atoms with Crippen molar-refractivity contribution in [1.82, 2.24) is 15.0 Å². The number of aromatic nitrogens is 3. The fourth-order valence-electron chi connectivity index (χ4n) is 2.16. The summed E-state index contributed by atoms with van der Waals surface area (Å²) < 4.78 is 19.4. The second-order valence-corrected chi connectivity index (χ2v) is 5.59. The summed E-state index contributed by atoms with van der Waals surface area (Å²) in [6, 6.07) is 4.27. The number of anilines is 2. The van der Waals surface area contributed by atoms with Crippen LogP contribution in [0.2, 0.25) is 0 Å². The summed E-state index contributed by atoms with van der Waals surface area (Å²) in [6.07, 6.45) is 2.19. The third kappa shape index (κ3) is 3.38. The van der Waals surface area contributed by atoms with Gasteiger partial charge in [0.2, 0.25) is 11.9 Å². The van der Waals surface area contributed by atoms with E-state index >= 15 is 0 Å². The number of nitrogens with zero attached hydrogens (tertiary/aromatic N) is 4. The van der Waals surface area contributed by atoms with Crippen molar-refractivity contribution in [3.63, 3.8) is 0 Å². The molecule has 110 valence electrons. The van der Waals surface area contributed by atoms with Crippen molar-refractivity contribution in [3.8, 4) is 11.8 Å². The van der Waals surface area contributed by atoms with Crippen LogP contribution in [0.1, 0.15) is 12.8 Å². The lowest BCUT2D eigenvalue weighted by molar-refractivity contribution is 0.436. The van der Waals surface area contributed by atoms with Crippen LogP contribution in [-0.2, 0) is 0 Å². The minimum Gasteiger partial charge on any atom is -0.424 e. The average molecular weight is 354 g/mol. The van der Waals surface area contributed by atoms with E-state index in [1.807, 2.05) is 4.90 Å². The molecule has 6 nitrogen and oxygen atoms in total. The largest absolute Gasteiger partial charge is 0.424 e. The molecule has 8 heteroatoms. The highest BCUT2D eigenvalue weighted by Crippen LogP contribution is 2.25. The Hall–Kier alpha value is -1.96. The highest BCUT2D eigenvalue weighted by Gasteiger charge is 2.17. The number of ether oxygens (including phenoxy) is 1. The summed E-state index contributed by atoms with van der Waals surface area (Å²) in [6.45, 7) is 1.77. The summed E-state index contributed by atoms with van der Waals surface area (Å²) in [5, 5.41) is 0. The Balaban J connectivity index is 1.87. The van der Waals surface area contributed by atoms with Gasteiger partial charge in [0.1, 0.15) is 11.6 Å². The first-order valence-electron chi connectivity index (χ1n) is 6.50. The highest BCUT2D eigenvalue weighted by atomic mass is 79.9. The standard InChI is InChI=1S/C13H13BrFN5O/c14-8-5-9(15)7-10(6-8)21-13-18-11(16)17-12(19-13)20-3-1-2-4-20/h5-7H,1-4H2,(H2,16,17,18,19). The van der Waals surface area contributed by atoms with Gasteiger partial charge in [-0.05, 0) is 25.0 Å². The zero-order valence-electron chi connectivity index (χ0n) is 11.1. The van der Waals surface area contributed by atoms with E-state index in [-0.39, 0.29) is 12.0 Å². The van der Waals surface area contributed by atoms with Crippen LogP contribution >= 0.6 is 15.9 Å². The lowest BCUT2D eigenvalue weighted by Gasteiger charge is -2.15. The summed E-state index contributed by atoms with van der Waals surface area (Å²) in [7, 11) is 0. The lowest BCUT2D eigenvalue weighted by atomic mass is 10.3. The van der Waals surface area contributed by atoms with E-state index in [4.69, 9.17) is 10.5 Å². The molecule has 1 aromatic carbocycles. The molecular weight excluding hydrogens is 341 g/mol. The summed E-state index contributed by atoms with van der Waals surface area (Å²) in [5.41, 5.74) is 5.69. The molecule has 0 radical (unpaired) electrons. The van der Waals surface area contributed by atoms with Crippen molar-refractivity contribution < 1.29 is 9.13 Å². The van der Waals surface area contributed by atoms with Gasteiger partial charge in [-0.2, -0.15) is 15.0 Å². The summed E-state index contributed by atoms with van der Waals surface area (Å²) >= 11 is 3.20. The van der Waals surface area contributed by atoms with Crippen LogP contribution in [0, 0.1) is 5.82 Å². The van der Waals surface area contributed by atoms with Crippen molar-refractivity contribution in [3.05, 3.63) is 28.5 Å². The second kappa shape index (κ2) is 5.80. The monoisotopic (exact) mass is 353 g/mol. The van der Waals surface area contributed by atoms with Crippen LogP contribution in [0.25, 0.3) is 0 Å². The number of rotatable bonds is 3. The molecule has 0 aliphatic carbocycles. The van der Waals surface area contributed by atoms with E-state index in [1.165, 1.54) is 12.1 Å². The van der Waals surface area contributed by atoms with Crippen LogP contribution in [0.3, 0.4) is 0 Å². The van der Waals surface area contributed by atoms with Gasteiger partial charge in [0.25, 0.3) is 0 Å². The number of hydrogen-bond donors (Lipinski definition) is 1. The van der Waals surface area contributed by atoms with Crippen molar-refractivity contribution >= 4 is 27.8 Å². The molecular formula is C13H13BrFN5O. The minimum absolute atomic E-state index is 0.0573. The molecule has 1 fully saturated rings. The first-order chi connectivity index (χ1) is 10.1. The maximum atomic E-state index is 13.3. The van der Waals surface area contributed by atoms with Crippen LogP contribution in [0.4, 0.5) is 16.3 Å². The Labute approximate surface area is 129 Å². The quantitative estimate of drug-likeness (QED) is 0.913. The van der Waals surface area contributed by atoms with Crippen LogP contribution in [0.15, 0.2) is 22.7 Å². The molecule has 3 rings (SSSR count). The summed E-state index contributed by atoms with van der Waals surface area (Å²) in [5.74, 6) is 0.448. The number of nitrogen functional groups attached to an aromatic ring is 1. The maximum Gasteiger partial charge on any atom is 0.328 e. The Morgan fingerprint density at radius 2 is 1.90 bits per heavy atom. The summed E-state index contributed by atoms with van der Waals surface area (Å²) in [4.78, 5) is 14.3. The second-order valence-electron chi connectivity index (χ2n) is 4.68. The van der Waals surface area contributed by atoms with Crippen LogP contribution < -0.4 is 15.4 Å². The Kier molecular flexibility index (Phi) is 3.87. The van der Waals surface area contributed by atoms with E-state index < -0.39 is 5.82 Å². The Morgan fingerprint density at radius 3 is 2.62 bits per heavy atom. The molecule has 1 aromatic heterocycles. The minimum atomic E-state index is -0.416. The molecule has 2 aromatic rings. The van der Waals surface area contributed by atoms with E-state index in [1.54, 1.807) is 6.07 Å². The molecule has 21 heavy (non-hydrogen) atoms. The van der Waals surface area contributed by atoms with Gasteiger partial charge in [-0.1, -0.05) is 15.9 Å². The smallest absolute Gasteiger partial charge is 0.328 e. The van der Waals surface area contributed by atoms with Gasteiger partial charge in [0.15, 0.2) is 0 Å². The molecule has 1 aliphatic rings. The number of halogens is 2. The van der Waals surface area contributed by atoms with Gasteiger partial charge in [-0.3, -0.25) is 0 Å². The molecule has 0 atom stereocenters. The van der Waals surface area contributed by atoms with Crippen molar-refractivity contribution in [2.45, 2.75) is 12.8 Å². The van der Waals surface area contributed by atoms with Gasteiger partial charge in [-0.25, -0.2) is 4.39 Å². The zero-order chi connectivity index (χ0) is 14.8. The van der Waals surface area contributed by atoms with Crippen LogP contribution in [-0.4, -0.2) is 28.0 Å². The molecule has 0 unspecified atom stereocenters. The third-order valence-corrected chi connectivity index (χ3v) is 3.51. The van der Waals surface area contributed by atoms with E-state index in [0.29, 0.717) is 16.2 Å². The van der Waals surface area contributed by atoms with E-state index in [9.17, 15) is 4.39 Å². The molecule has 2 heterocycles. The average Bonchev–Trinajstić information content (AvgIpc) is 2.90. The zero-order valence-corrected chi connectivity index (χ0v) is 12.7. The Morgan fingerprint density at radius 1 is 1.14 bits per heavy atom. The van der Waals surface area contributed by atoms with Crippen molar-refractivity contribution in [2.24, 2.45) is 0 Å². The van der Waals surface area contributed by atoms with Gasteiger partial charge in [-0.15, -0.1) is 0 Å². The van der Waals surface area contributed by atoms with Crippen molar-refractivity contribution in [2.75, 3.05) is 23.7 Å². The van der Waals surface area contributed by atoms with Gasteiger partial charge in [0.05, 0.1) is 0 Å². The molecule has 0 spiro atoms. The highest BCUT2D eigenvalue weighted by molar-refractivity contribution is 9.10. The first kappa shape index (κ1) is 14.0. The SMILES string of the molecule is Nc1nc(Oc2cc(F)cc(Br)c2)nc(N2CCCC2)n1. The first-order valence-corrected chi connectivity index (χ1v) is 7.30. The molecule has 2 N–H and O–H groups in total. The third-order valence-electron chi connectivity index (χ3n) is 3.05. The lowest BCUT2D eigenvalue weighted by Crippen LogP contribution is -2.21. The predicted molar refractivity (Wildman–Crippen MR) is 79.9 cm³/mol. The van der Waals surface area contributed by atoms with E-state index in [0.717, 1.165) is 25.9 Å². The maximum absolute atomic E-state index is 13.3. The number of hydrogen-bond acceptors (Lipinski definition) is 6. The van der Waals surface area contributed by atoms with E-state index in [2.05, 4.69) is 30.9 Å². The van der Waals surface area contributed by atoms with Gasteiger partial charge < -0.3 is 15.4 Å². The fraction of sp³-hybridized carbons (Fsp3) is 0.308. The fourth-order valence-corrected chi connectivity index (χ4v) is 2.60. The molecule has 0 saturated carbocycles. The number of benzene rings is 1. The normalized spacial score (nSPS) is 14.5. The number of nitrogens with two attached hydrogens (primary N) is 1. The van der Waals surface area contributed by atoms with Crippen LogP contribution in [0.5, 0.6) is 11.8 Å². The molecule has 0 bridgehead atoms. The predicted octanol–water partition coefficient (Wildman–Crippen LogP) is 2.75. The Bertz CT molecular complexity index is 643. The van der Waals surface area contributed by atoms with Crippen molar-refractivity contribution in [1.29, 1.82) is 0 Å². The molecule has 0 amide bonds.